The van der Waals surface area contributed by atoms with E-state index in [-0.39, 0.29) is 0 Å². The highest BCUT2D eigenvalue weighted by Gasteiger charge is 2.05. The molecule has 0 fully saturated rings. The number of nitrogens with one attached hydrogen (secondary N) is 1. The molecule has 0 unspecified atom stereocenters. The van der Waals surface area contributed by atoms with Crippen molar-refractivity contribution in [3.8, 4) is 28.4 Å². The van der Waals surface area contributed by atoms with Crippen LogP contribution in [-0.2, 0) is 0 Å². The van der Waals surface area contributed by atoms with E-state index in [0.29, 0.717) is 0 Å². The molecule has 0 spiro atoms. The minimum absolute atomic E-state index is 0.841. The summed E-state index contributed by atoms with van der Waals surface area (Å²) < 4.78 is 5.15. The van der Waals surface area contributed by atoms with Crippen molar-refractivity contribution in [2.45, 2.75) is 0 Å². The molecule has 4 nitrogen and oxygen atoms in total. The summed E-state index contributed by atoms with van der Waals surface area (Å²) in [6.45, 7) is 0. The Morgan fingerprint density at radius 1 is 0.947 bits per heavy atom. The largest absolute Gasteiger partial charge is 0.497 e. The average molecular weight is 251 g/mol. The van der Waals surface area contributed by atoms with Gasteiger partial charge < -0.3 is 9.72 Å². The van der Waals surface area contributed by atoms with Gasteiger partial charge in [0.1, 0.15) is 11.6 Å². The van der Waals surface area contributed by atoms with Gasteiger partial charge in [0.2, 0.25) is 0 Å². The molecule has 0 amide bonds. The second-order valence-corrected chi connectivity index (χ2v) is 4.11. The summed E-state index contributed by atoms with van der Waals surface area (Å²) >= 11 is 0. The third-order valence-corrected chi connectivity index (χ3v) is 2.93. The maximum Gasteiger partial charge on any atom is 0.137 e. The van der Waals surface area contributed by atoms with Crippen molar-refractivity contribution in [2.24, 2.45) is 0 Å². The first-order valence-electron chi connectivity index (χ1n) is 5.96. The van der Waals surface area contributed by atoms with E-state index in [1.165, 1.54) is 0 Å². The van der Waals surface area contributed by atoms with Crippen LogP contribution in [0.3, 0.4) is 0 Å². The highest BCUT2D eigenvalue weighted by Crippen LogP contribution is 2.23. The van der Waals surface area contributed by atoms with Gasteiger partial charge in [-0.05, 0) is 42.0 Å². The Hall–Kier alpha value is -2.62. The molecular formula is C15H13N3O. The van der Waals surface area contributed by atoms with Crippen molar-refractivity contribution in [1.29, 1.82) is 0 Å². The van der Waals surface area contributed by atoms with Crippen LogP contribution in [0.25, 0.3) is 22.6 Å². The molecule has 3 rings (SSSR count). The lowest BCUT2D eigenvalue weighted by molar-refractivity contribution is 0.415. The number of nitrogens with zero attached hydrogens (tertiary/aromatic N) is 2. The van der Waals surface area contributed by atoms with Crippen LogP contribution in [0.2, 0.25) is 0 Å². The van der Waals surface area contributed by atoms with Gasteiger partial charge in [-0.15, -0.1) is 0 Å². The molecule has 4 heteroatoms. The molecule has 0 saturated carbocycles. The van der Waals surface area contributed by atoms with Crippen LogP contribution in [0.15, 0.2) is 55.0 Å². The third-order valence-electron chi connectivity index (χ3n) is 2.93. The van der Waals surface area contributed by atoms with Gasteiger partial charge in [-0.1, -0.05) is 0 Å². The van der Waals surface area contributed by atoms with E-state index < -0.39 is 0 Å². The number of methoxy groups -OCH3 is 1. The van der Waals surface area contributed by atoms with Crippen molar-refractivity contribution in [3.05, 3.63) is 55.0 Å². The Labute approximate surface area is 111 Å². The highest BCUT2D eigenvalue weighted by molar-refractivity contribution is 5.64. The highest BCUT2D eigenvalue weighted by atomic mass is 16.5. The van der Waals surface area contributed by atoms with Crippen LogP contribution < -0.4 is 4.74 Å². The van der Waals surface area contributed by atoms with Gasteiger partial charge in [0.15, 0.2) is 0 Å². The number of pyridine rings is 1. The maximum absolute atomic E-state index is 5.15. The van der Waals surface area contributed by atoms with Gasteiger partial charge in [0.25, 0.3) is 0 Å². The van der Waals surface area contributed by atoms with Crippen molar-refractivity contribution in [3.63, 3.8) is 0 Å². The molecular weight excluding hydrogens is 238 g/mol. The quantitative estimate of drug-likeness (QED) is 0.778. The predicted molar refractivity (Wildman–Crippen MR) is 73.8 cm³/mol. The fourth-order valence-electron chi connectivity index (χ4n) is 1.89. The lowest BCUT2D eigenvalue weighted by Crippen LogP contribution is -1.83. The molecule has 0 bridgehead atoms. The molecule has 0 aliphatic rings. The number of benzene rings is 1. The molecule has 0 radical (unpaired) electrons. The lowest BCUT2D eigenvalue weighted by Gasteiger charge is -2.01. The zero-order valence-corrected chi connectivity index (χ0v) is 10.5. The monoisotopic (exact) mass is 251 g/mol. The van der Waals surface area contributed by atoms with Gasteiger partial charge in [0.05, 0.1) is 19.0 Å². The number of hydrogen-bond acceptors (Lipinski definition) is 3. The Morgan fingerprint density at radius 2 is 1.68 bits per heavy atom. The van der Waals surface area contributed by atoms with Crippen LogP contribution in [-0.4, -0.2) is 22.1 Å². The van der Waals surface area contributed by atoms with Crippen LogP contribution in [0.5, 0.6) is 5.75 Å². The molecule has 1 N–H and O–H groups in total. The predicted octanol–water partition coefficient (Wildman–Crippen LogP) is 3.15. The number of imidazole rings is 1. The molecule has 94 valence electrons. The van der Waals surface area contributed by atoms with Crippen molar-refractivity contribution < 1.29 is 4.74 Å². The molecule has 1 aromatic carbocycles. The van der Waals surface area contributed by atoms with E-state index in [2.05, 4.69) is 15.0 Å². The molecule has 19 heavy (non-hydrogen) atoms. The van der Waals surface area contributed by atoms with E-state index in [4.69, 9.17) is 4.74 Å². The lowest BCUT2D eigenvalue weighted by atomic mass is 10.2. The Morgan fingerprint density at radius 3 is 2.37 bits per heavy atom. The van der Waals surface area contributed by atoms with Gasteiger partial charge in [-0.2, -0.15) is 0 Å². The second kappa shape index (κ2) is 4.94. The van der Waals surface area contributed by atoms with Gasteiger partial charge in [0, 0.05) is 18.0 Å². The van der Waals surface area contributed by atoms with Gasteiger partial charge in [-0.3, -0.25) is 4.98 Å². The zero-order valence-electron chi connectivity index (χ0n) is 10.5. The first-order valence-corrected chi connectivity index (χ1v) is 5.96. The SMILES string of the molecule is COc1ccc(-c2cnc(-c3ccncc3)[nH]2)cc1. The fraction of sp³-hybridized carbons (Fsp3) is 0.0667. The summed E-state index contributed by atoms with van der Waals surface area (Å²) in [5.74, 6) is 1.69. The summed E-state index contributed by atoms with van der Waals surface area (Å²) in [5, 5.41) is 0. The van der Waals surface area contributed by atoms with Crippen LogP contribution >= 0.6 is 0 Å². The Balaban J connectivity index is 1.92. The number of rotatable bonds is 3. The van der Waals surface area contributed by atoms with E-state index in [1.54, 1.807) is 19.5 Å². The molecule has 0 saturated heterocycles. The van der Waals surface area contributed by atoms with Crippen molar-refractivity contribution in [2.75, 3.05) is 7.11 Å². The van der Waals surface area contributed by atoms with Crippen LogP contribution in [0, 0.1) is 0 Å². The molecule has 2 aromatic heterocycles. The smallest absolute Gasteiger partial charge is 0.137 e. The maximum atomic E-state index is 5.15. The summed E-state index contributed by atoms with van der Waals surface area (Å²) in [7, 11) is 1.66. The van der Waals surface area contributed by atoms with E-state index in [0.717, 1.165) is 28.4 Å². The minimum atomic E-state index is 0.841. The first-order chi connectivity index (χ1) is 9.36. The zero-order chi connectivity index (χ0) is 13.1. The van der Waals surface area contributed by atoms with Gasteiger partial charge in [-0.25, -0.2) is 4.98 Å². The molecule has 0 atom stereocenters. The fourth-order valence-corrected chi connectivity index (χ4v) is 1.89. The van der Waals surface area contributed by atoms with Gasteiger partial charge >= 0.3 is 0 Å². The number of aromatic nitrogens is 3. The number of H-pyrrole nitrogens is 1. The summed E-state index contributed by atoms with van der Waals surface area (Å²) in [5.41, 5.74) is 3.08. The van der Waals surface area contributed by atoms with E-state index >= 15 is 0 Å². The van der Waals surface area contributed by atoms with Crippen molar-refractivity contribution in [1.82, 2.24) is 15.0 Å². The topological polar surface area (TPSA) is 50.8 Å². The first kappa shape index (κ1) is 11.5. The number of aromatic amines is 1. The van der Waals surface area contributed by atoms with Crippen LogP contribution in [0.4, 0.5) is 0 Å². The van der Waals surface area contributed by atoms with E-state index in [1.807, 2.05) is 42.6 Å². The Kier molecular flexibility index (Phi) is 2.98. The molecule has 0 aliphatic carbocycles. The summed E-state index contributed by atoms with van der Waals surface area (Å²) in [4.78, 5) is 11.7. The normalized spacial score (nSPS) is 10.4. The average Bonchev–Trinajstić information content (AvgIpc) is 2.98. The summed E-state index contributed by atoms with van der Waals surface area (Å²) in [6.07, 6.45) is 5.34. The standard InChI is InChI=1S/C15H13N3O/c1-19-13-4-2-11(3-5-13)14-10-17-15(18-14)12-6-8-16-9-7-12/h2-10H,1H3,(H,17,18). The third kappa shape index (κ3) is 2.33. The molecule has 2 heterocycles. The van der Waals surface area contributed by atoms with Crippen LogP contribution in [0.1, 0.15) is 0 Å². The minimum Gasteiger partial charge on any atom is -0.497 e. The van der Waals surface area contributed by atoms with E-state index in [9.17, 15) is 0 Å². The summed E-state index contributed by atoms with van der Waals surface area (Å²) in [6, 6.07) is 11.7. The Bertz CT molecular complexity index is 659. The number of hydrogen-bond donors (Lipinski definition) is 1. The molecule has 3 aromatic rings. The molecule has 0 aliphatic heterocycles. The number of ether oxygens (including phenoxy) is 1. The van der Waals surface area contributed by atoms with Crippen molar-refractivity contribution >= 4 is 0 Å². The second-order valence-electron chi connectivity index (χ2n) is 4.11.